The summed E-state index contributed by atoms with van der Waals surface area (Å²) >= 11 is 0. The van der Waals surface area contributed by atoms with E-state index in [2.05, 4.69) is 59.7 Å². The molecule has 1 aromatic rings. The van der Waals surface area contributed by atoms with Crippen LogP contribution in [-0.2, 0) is 0 Å². The Morgan fingerprint density at radius 3 is 2.73 bits per heavy atom. The molecule has 0 amide bonds. The Kier molecular flexibility index (Phi) is 9.32. The maximum atomic E-state index is 9.21. The van der Waals surface area contributed by atoms with Crippen LogP contribution in [0.1, 0.15) is 39.5 Å². The van der Waals surface area contributed by atoms with Crippen molar-refractivity contribution < 1.29 is 5.11 Å². The Balaban J connectivity index is 1.81. The molecule has 1 heterocycles. The van der Waals surface area contributed by atoms with Crippen molar-refractivity contribution in [1.29, 1.82) is 0 Å². The van der Waals surface area contributed by atoms with E-state index in [1.165, 1.54) is 12.1 Å². The number of para-hydroxylation sites is 1. The van der Waals surface area contributed by atoms with Gasteiger partial charge in [0.15, 0.2) is 5.96 Å². The first-order valence-electron chi connectivity index (χ1n) is 10.2. The molecule has 146 valence electrons. The monoisotopic (exact) mass is 360 g/mol. The van der Waals surface area contributed by atoms with Crippen LogP contribution in [0.5, 0.6) is 0 Å². The highest BCUT2D eigenvalue weighted by Crippen LogP contribution is 2.22. The number of aliphatic hydroxyl groups excluding tert-OH is 1. The van der Waals surface area contributed by atoms with Gasteiger partial charge < -0.3 is 20.6 Å². The standard InChI is InChI=1S/C21H36N4O/c1-3-8-18(12-14-26)15-23-21(22-4-2)24-16-19-11-13-25(17-19)20-9-6-5-7-10-20/h5-7,9-10,18-19,26H,3-4,8,11-17H2,1-2H3,(H2,22,23,24). The Hall–Kier alpha value is -1.75. The lowest BCUT2D eigenvalue weighted by Crippen LogP contribution is -2.40. The van der Waals surface area contributed by atoms with Crippen molar-refractivity contribution in [2.75, 3.05) is 44.2 Å². The van der Waals surface area contributed by atoms with E-state index in [1.54, 1.807) is 0 Å². The fourth-order valence-corrected chi connectivity index (χ4v) is 3.59. The summed E-state index contributed by atoms with van der Waals surface area (Å²) in [6.45, 7) is 9.36. The highest BCUT2D eigenvalue weighted by Gasteiger charge is 2.22. The molecule has 0 aliphatic carbocycles. The molecule has 0 saturated carbocycles. The van der Waals surface area contributed by atoms with Crippen LogP contribution in [0.25, 0.3) is 0 Å². The summed E-state index contributed by atoms with van der Waals surface area (Å²) in [6.07, 6.45) is 4.31. The summed E-state index contributed by atoms with van der Waals surface area (Å²) in [7, 11) is 0. The van der Waals surface area contributed by atoms with Gasteiger partial charge in [0.05, 0.1) is 0 Å². The van der Waals surface area contributed by atoms with Crippen molar-refractivity contribution in [2.24, 2.45) is 16.8 Å². The lowest BCUT2D eigenvalue weighted by atomic mass is 10.0. The molecule has 1 aliphatic heterocycles. The summed E-state index contributed by atoms with van der Waals surface area (Å²) in [5.41, 5.74) is 1.32. The Bertz CT molecular complexity index is 514. The van der Waals surface area contributed by atoms with Gasteiger partial charge in [0.2, 0.25) is 0 Å². The summed E-state index contributed by atoms with van der Waals surface area (Å²) < 4.78 is 0. The summed E-state index contributed by atoms with van der Waals surface area (Å²) in [4.78, 5) is 7.23. The second-order valence-electron chi connectivity index (χ2n) is 7.20. The van der Waals surface area contributed by atoms with Crippen molar-refractivity contribution >= 4 is 11.6 Å². The van der Waals surface area contributed by atoms with E-state index >= 15 is 0 Å². The molecule has 2 unspecified atom stereocenters. The average Bonchev–Trinajstić information content (AvgIpc) is 3.14. The smallest absolute Gasteiger partial charge is 0.191 e. The van der Waals surface area contributed by atoms with Gasteiger partial charge in [0.25, 0.3) is 0 Å². The second kappa shape index (κ2) is 11.8. The maximum Gasteiger partial charge on any atom is 0.191 e. The first kappa shape index (κ1) is 20.6. The number of aliphatic imine (C=N–C) groups is 1. The van der Waals surface area contributed by atoms with Crippen molar-refractivity contribution in [2.45, 2.75) is 39.5 Å². The van der Waals surface area contributed by atoms with Crippen molar-refractivity contribution in [1.82, 2.24) is 10.6 Å². The highest BCUT2D eigenvalue weighted by molar-refractivity contribution is 5.79. The molecule has 3 N–H and O–H groups in total. The van der Waals surface area contributed by atoms with Gasteiger partial charge >= 0.3 is 0 Å². The Labute approximate surface area is 158 Å². The number of hydrogen-bond donors (Lipinski definition) is 3. The zero-order valence-corrected chi connectivity index (χ0v) is 16.5. The minimum absolute atomic E-state index is 0.252. The molecule has 2 atom stereocenters. The number of benzene rings is 1. The molecule has 5 nitrogen and oxygen atoms in total. The summed E-state index contributed by atoms with van der Waals surface area (Å²) in [5, 5.41) is 16.1. The fourth-order valence-electron chi connectivity index (χ4n) is 3.59. The van der Waals surface area contributed by atoms with Gasteiger partial charge in [-0.25, -0.2) is 0 Å². The molecule has 1 aromatic carbocycles. The molecule has 5 heteroatoms. The SMILES string of the molecule is CCCC(CCO)CN=C(NCC)NCC1CCN(c2ccccc2)C1. The van der Waals surface area contributed by atoms with Crippen molar-refractivity contribution in [3.05, 3.63) is 30.3 Å². The topological polar surface area (TPSA) is 59.9 Å². The van der Waals surface area contributed by atoms with Crippen molar-refractivity contribution in [3.8, 4) is 0 Å². The van der Waals surface area contributed by atoms with Gasteiger partial charge in [-0.1, -0.05) is 31.5 Å². The van der Waals surface area contributed by atoms with E-state index in [0.29, 0.717) is 11.8 Å². The lowest BCUT2D eigenvalue weighted by molar-refractivity contribution is 0.253. The third-order valence-electron chi connectivity index (χ3n) is 5.05. The average molecular weight is 361 g/mol. The summed E-state index contributed by atoms with van der Waals surface area (Å²) in [6, 6.07) is 10.7. The molecule has 1 fully saturated rings. The molecular weight excluding hydrogens is 324 g/mol. The largest absolute Gasteiger partial charge is 0.396 e. The quantitative estimate of drug-likeness (QED) is 0.444. The second-order valence-corrected chi connectivity index (χ2v) is 7.20. The first-order chi connectivity index (χ1) is 12.8. The van der Waals surface area contributed by atoms with Crippen LogP contribution < -0.4 is 15.5 Å². The lowest BCUT2D eigenvalue weighted by Gasteiger charge is -2.20. The van der Waals surface area contributed by atoms with Gasteiger partial charge in [-0.15, -0.1) is 0 Å². The van der Waals surface area contributed by atoms with Gasteiger partial charge in [-0.05, 0) is 50.2 Å². The zero-order valence-electron chi connectivity index (χ0n) is 16.5. The normalized spacial score (nSPS) is 18.8. The van der Waals surface area contributed by atoms with Gasteiger partial charge in [0.1, 0.15) is 0 Å². The van der Waals surface area contributed by atoms with Crippen LogP contribution in [0.15, 0.2) is 35.3 Å². The number of aliphatic hydroxyl groups is 1. The van der Waals surface area contributed by atoms with E-state index in [4.69, 9.17) is 4.99 Å². The van der Waals surface area contributed by atoms with E-state index in [0.717, 1.165) is 57.9 Å². The van der Waals surface area contributed by atoms with E-state index in [1.807, 2.05) is 0 Å². The summed E-state index contributed by atoms with van der Waals surface area (Å²) in [5.74, 6) is 2.02. The fraction of sp³-hybridized carbons (Fsp3) is 0.667. The third-order valence-corrected chi connectivity index (χ3v) is 5.05. The van der Waals surface area contributed by atoms with Gasteiger partial charge in [-0.3, -0.25) is 4.99 Å². The molecular formula is C21H36N4O. The molecule has 1 aliphatic rings. The third kappa shape index (κ3) is 6.87. The number of anilines is 1. The van der Waals surface area contributed by atoms with Crippen LogP contribution in [-0.4, -0.2) is 50.4 Å². The van der Waals surface area contributed by atoms with Crippen LogP contribution in [0.3, 0.4) is 0 Å². The molecule has 0 bridgehead atoms. The van der Waals surface area contributed by atoms with Crippen LogP contribution in [0.4, 0.5) is 5.69 Å². The molecule has 26 heavy (non-hydrogen) atoms. The Morgan fingerprint density at radius 1 is 1.23 bits per heavy atom. The maximum absolute atomic E-state index is 9.21. The molecule has 2 rings (SSSR count). The number of nitrogens with zero attached hydrogens (tertiary/aromatic N) is 2. The van der Waals surface area contributed by atoms with E-state index in [9.17, 15) is 5.11 Å². The molecule has 1 saturated heterocycles. The van der Waals surface area contributed by atoms with Crippen molar-refractivity contribution in [3.63, 3.8) is 0 Å². The number of hydrogen-bond acceptors (Lipinski definition) is 3. The van der Waals surface area contributed by atoms with Crippen LogP contribution in [0, 0.1) is 11.8 Å². The highest BCUT2D eigenvalue weighted by atomic mass is 16.3. The minimum Gasteiger partial charge on any atom is -0.396 e. The molecule has 0 aromatic heterocycles. The molecule has 0 radical (unpaired) electrons. The van der Waals surface area contributed by atoms with Gasteiger partial charge in [0, 0.05) is 45.0 Å². The Morgan fingerprint density at radius 2 is 2.04 bits per heavy atom. The molecule has 0 spiro atoms. The van der Waals surface area contributed by atoms with E-state index in [-0.39, 0.29) is 6.61 Å². The number of rotatable bonds is 10. The van der Waals surface area contributed by atoms with Crippen LogP contribution >= 0.6 is 0 Å². The van der Waals surface area contributed by atoms with Gasteiger partial charge in [-0.2, -0.15) is 0 Å². The minimum atomic E-state index is 0.252. The number of nitrogens with one attached hydrogen (secondary N) is 2. The van der Waals surface area contributed by atoms with Crippen LogP contribution in [0.2, 0.25) is 0 Å². The predicted octanol–water partition coefficient (Wildman–Crippen LogP) is 2.87. The zero-order chi connectivity index (χ0) is 18.6. The number of guanidine groups is 1. The first-order valence-corrected chi connectivity index (χ1v) is 10.2. The predicted molar refractivity (Wildman–Crippen MR) is 111 cm³/mol. The van der Waals surface area contributed by atoms with E-state index < -0.39 is 0 Å².